The molecule has 1 aromatic carbocycles. The molecule has 3 nitrogen and oxygen atoms in total. The normalized spacial score (nSPS) is 15.2. The van der Waals surface area contributed by atoms with E-state index >= 15 is 0 Å². The van der Waals surface area contributed by atoms with E-state index in [1.807, 2.05) is 26.0 Å². The number of aryl methyl sites for hydroxylation is 2. The maximum atomic E-state index is 11.7. The van der Waals surface area contributed by atoms with Crippen LogP contribution in [0, 0.1) is 13.8 Å². The maximum absolute atomic E-state index is 11.7. The molecule has 1 saturated carbocycles. The molecule has 1 aliphatic rings. The third-order valence-corrected chi connectivity index (χ3v) is 4.39. The minimum absolute atomic E-state index is 0.101. The number of carbonyl (C=O) groups is 1. The predicted octanol–water partition coefficient (Wildman–Crippen LogP) is 3.74. The van der Waals surface area contributed by atoms with E-state index < -0.39 is 0 Å². The van der Waals surface area contributed by atoms with Gasteiger partial charge in [0.2, 0.25) is 0 Å². The maximum Gasteiger partial charge on any atom is 0.319 e. The number of carbonyl (C=O) groups excluding carboxylic acids is 1. The number of nitrogens with one attached hydrogen (secondary N) is 2. The molecule has 0 heterocycles. The van der Waals surface area contributed by atoms with Gasteiger partial charge >= 0.3 is 6.03 Å². The highest BCUT2D eigenvalue weighted by Gasteiger charge is 2.19. The Morgan fingerprint density at radius 3 is 2.35 bits per heavy atom. The summed E-state index contributed by atoms with van der Waals surface area (Å²) in [7, 11) is 0. The Labute approximate surface area is 110 Å². The first-order valence-corrected chi connectivity index (χ1v) is 6.70. The average Bonchev–Trinajstić information content (AvgIpc) is 2.20. The second-order valence-electron chi connectivity index (χ2n) is 4.65. The van der Waals surface area contributed by atoms with Crippen LogP contribution in [0.5, 0.6) is 0 Å². The summed E-state index contributed by atoms with van der Waals surface area (Å²) < 4.78 is 1.10. The Balaban J connectivity index is 2.00. The first kappa shape index (κ1) is 12.4. The van der Waals surface area contributed by atoms with E-state index in [4.69, 9.17) is 0 Å². The van der Waals surface area contributed by atoms with Crippen molar-refractivity contribution in [3.8, 4) is 0 Å². The van der Waals surface area contributed by atoms with Crippen LogP contribution in [0.1, 0.15) is 30.4 Å². The molecule has 92 valence electrons. The topological polar surface area (TPSA) is 41.1 Å². The third kappa shape index (κ3) is 3.00. The Morgan fingerprint density at radius 1 is 1.29 bits per heavy atom. The van der Waals surface area contributed by atoms with Gasteiger partial charge in [-0.05, 0) is 56.4 Å². The molecule has 0 unspecified atom stereocenters. The number of urea groups is 1. The molecule has 2 N–H and O–H groups in total. The highest BCUT2D eigenvalue weighted by Crippen LogP contribution is 2.25. The van der Waals surface area contributed by atoms with E-state index in [2.05, 4.69) is 26.6 Å². The summed E-state index contributed by atoms with van der Waals surface area (Å²) in [6, 6.07) is 4.21. The standard InChI is InChI=1S/C13H17BrN2O/c1-8-6-11(7-9(2)12(8)14)16-13(17)15-10-4-3-5-10/h6-7,10H,3-5H2,1-2H3,(H2,15,16,17). The SMILES string of the molecule is Cc1cc(NC(=O)NC2CCC2)cc(C)c1Br. The van der Waals surface area contributed by atoms with Crippen LogP contribution in [0.15, 0.2) is 16.6 Å². The lowest BCUT2D eigenvalue weighted by Gasteiger charge is -2.26. The molecule has 0 bridgehead atoms. The van der Waals surface area contributed by atoms with E-state index in [0.717, 1.165) is 34.1 Å². The van der Waals surface area contributed by atoms with Crippen molar-refractivity contribution in [3.05, 3.63) is 27.7 Å². The van der Waals surface area contributed by atoms with Crippen molar-refractivity contribution in [1.82, 2.24) is 5.32 Å². The summed E-state index contributed by atoms with van der Waals surface area (Å²) in [5.74, 6) is 0. The molecule has 0 atom stereocenters. The van der Waals surface area contributed by atoms with E-state index in [1.165, 1.54) is 6.42 Å². The molecule has 17 heavy (non-hydrogen) atoms. The molecule has 2 amide bonds. The molecule has 2 rings (SSSR count). The van der Waals surface area contributed by atoms with Crippen LogP contribution in [-0.2, 0) is 0 Å². The van der Waals surface area contributed by atoms with Crippen molar-refractivity contribution in [2.24, 2.45) is 0 Å². The van der Waals surface area contributed by atoms with Crippen LogP contribution < -0.4 is 10.6 Å². The van der Waals surface area contributed by atoms with Crippen LogP contribution in [0.4, 0.5) is 10.5 Å². The molecule has 1 fully saturated rings. The minimum Gasteiger partial charge on any atom is -0.335 e. The zero-order chi connectivity index (χ0) is 12.4. The van der Waals surface area contributed by atoms with E-state index in [9.17, 15) is 4.79 Å². The smallest absolute Gasteiger partial charge is 0.319 e. The fourth-order valence-electron chi connectivity index (χ4n) is 1.92. The van der Waals surface area contributed by atoms with Crippen molar-refractivity contribution >= 4 is 27.6 Å². The van der Waals surface area contributed by atoms with E-state index in [-0.39, 0.29) is 6.03 Å². The number of anilines is 1. The molecule has 1 aromatic rings. The number of halogens is 1. The Kier molecular flexibility index (Phi) is 3.72. The molecule has 0 spiro atoms. The van der Waals surface area contributed by atoms with Gasteiger partial charge in [0.25, 0.3) is 0 Å². The Bertz CT molecular complexity index is 418. The van der Waals surface area contributed by atoms with Gasteiger partial charge in [-0.1, -0.05) is 15.9 Å². The molecule has 0 aliphatic heterocycles. The molecule has 0 aromatic heterocycles. The van der Waals surface area contributed by atoms with Gasteiger partial charge in [0.05, 0.1) is 0 Å². The largest absolute Gasteiger partial charge is 0.335 e. The molecule has 4 heteroatoms. The fourth-order valence-corrected chi connectivity index (χ4v) is 2.15. The van der Waals surface area contributed by atoms with Crippen LogP contribution in [-0.4, -0.2) is 12.1 Å². The summed E-state index contributed by atoms with van der Waals surface area (Å²) in [5.41, 5.74) is 3.10. The van der Waals surface area contributed by atoms with Gasteiger partial charge in [-0.25, -0.2) is 4.79 Å². The first-order valence-electron chi connectivity index (χ1n) is 5.90. The summed E-state index contributed by atoms with van der Waals surface area (Å²) in [6.07, 6.45) is 3.43. The summed E-state index contributed by atoms with van der Waals surface area (Å²) >= 11 is 3.51. The van der Waals surface area contributed by atoms with Gasteiger partial charge in [-0.2, -0.15) is 0 Å². The van der Waals surface area contributed by atoms with Gasteiger partial charge in [0, 0.05) is 16.2 Å². The second kappa shape index (κ2) is 5.08. The average molecular weight is 297 g/mol. The molecular formula is C13H17BrN2O. The van der Waals surface area contributed by atoms with Crippen LogP contribution in [0.25, 0.3) is 0 Å². The lowest BCUT2D eigenvalue weighted by Crippen LogP contribution is -2.41. The van der Waals surface area contributed by atoms with Gasteiger partial charge in [-0.3, -0.25) is 0 Å². The molecule has 0 radical (unpaired) electrons. The van der Waals surface area contributed by atoms with Crippen LogP contribution >= 0.6 is 15.9 Å². The lowest BCUT2D eigenvalue weighted by atomic mass is 9.93. The fraction of sp³-hybridized carbons (Fsp3) is 0.462. The van der Waals surface area contributed by atoms with Gasteiger partial charge in [-0.15, -0.1) is 0 Å². The Morgan fingerprint density at radius 2 is 1.88 bits per heavy atom. The number of amides is 2. The quantitative estimate of drug-likeness (QED) is 0.858. The highest BCUT2D eigenvalue weighted by molar-refractivity contribution is 9.10. The van der Waals surface area contributed by atoms with E-state index in [0.29, 0.717) is 6.04 Å². The van der Waals surface area contributed by atoms with Gasteiger partial charge < -0.3 is 10.6 Å². The number of rotatable bonds is 2. The molecular weight excluding hydrogens is 280 g/mol. The molecule has 0 saturated heterocycles. The van der Waals surface area contributed by atoms with Crippen LogP contribution in [0.2, 0.25) is 0 Å². The first-order chi connectivity index (χ1) is 8.06. The van der Waals surface area contributed by atoms with Crippen molar-refractivity contribution in [1.29, 1.82) is 0 Å². The zero-order valence-corrected chi connectivity index (χ0v) is 11.7. The summed E-state index contributed by atoms with van der Waals surface area (Å²) in [6.45, 7) is 4.04. The number of benzene rings is 1. The summed E-state index contributed by atoms with van der Waals surface area (Å²) in [5, 5.41) is 5.84. The van der Waals surface area contributed by atoms with Crippen molar-refractivity contribution < 1.29 is 4.79 Å². The van der Waals surface area contributed by atoms with E-state index in [1.54, 1.807) is 0 Å². The minimum atomic E-state index is -0.101. The number of hydrogen-bond donors (Lipinski definition) is 2. The van der Waals surface area contributed by atoms with Gasteiger partial charge in [0.1, 0.15) is 0 Å². The number of hydrogen-bond acceptors (Lipinski definition) is 1. The monoisotopic (exact) mass is 296 g/mol. The van der Waals surface area contributed by atoms with Crippen LogP contribution in [0.3, 0.4) is 0 Å². The third-order valence-electron chi connectivity index (χ3n) is 3.13. The lowest BCUT2D eigenvalue weighted by molar-refractivity contribution is 0.240. The van der Waals surface area contributed by atoms with Crippen molar-refractivity contribution in [2.75, 3.05) is 5.32 Å². The molecule has 1 aliphatic carbocycles. The zero-order valence-electron chi connectivity index (χ0n) is 10.1. The second-order valence-corrected chi connectivity index (χ2v) is 5.44. The predicted molar refractivity (Wildman–Crippen MR) is 73.4 cm³/mol. The van der Waals surface area contributed by atoms with Crippen molar-refractivity contribution in [3.63, 3.8) is 0 Å². The van der Waals surface area contributed by atoms with Crippen molar-refractivity contribution in [2.45, 2.75) is 39.2 Å². The van der Waals surface area contributed by atoms with Gasteiger partial charge in [0.15, 0.2) is 0 Å². The highest BCUT2D eigenvalue weighted by atomic mass is 79.9. The Hall–Kier alpha value is -1.03. The summed E-state index contributed by atoms with van der Waals surface area (Å²) in [4.78, 5) is 11.7.